The lowest BCUT2D eigenvalue weighted by atomic mass is 10.1. The summed E-state index contributed by atoms with van der Waals surface area (Å²) in [4.78, 5) is 23.9. The van der Waals surface area contributed by atoms with Crippen LogP contribution in [0.25, 0.3) is 0 Å². The van der Waals surface area contributed by atoms with Crippen molar-refractivity contribution in [1.82, 2.24) is 5.32 Å². The summed E-state index contributed by atoms with van der Waals surface area (Å²) in [6.07, 6.45) is 2.53. The lowest BCUT2D eigenvalue weighted by Gasteiger charge is -2.17. The van der Waals surface area contributed by atoms with E-state index in [0.717, 1.165) is 18.4 Å². The average Bonchev–Trinajstić information content (AvgIpc) is 3.26. The fourth-order valence-electron chi connectivity index (χ4n) is 2.21. The highest BCUT2D eigenvalue weighted by Crippen LogP contribution is 2.33. The molecular weight excluding hydrogens is 292 g/mol. The maximum Gasteiger partial charge on any atom is 0.313 e. The second-order valence-electron chi connectivity index (χ2n) is 5.34. The SMILES string of the molecule is Cc1ccc(Cl)cc1NC(=O)C(=O)NC(CCO)C1CC1. The molecule has 1 aromatic rings. The molecule has 1 aliphatic carbocycles. The van der Waals surface area contributed by atoms with Crippen LogP contribution in [0.3, 0.4) is 0 Å². The van der Waals surface area contributed by atoms with Crippen LogP contribution in [0.2, 0.25) is 5.02 Å². The lowest BCUT2D eigenvalue weighted by Crippen LogP contribution is -2.43. The fraction of sp³-hybridized carbons (Fsp3) is 0.467. The van der Waals surface area contributed by atoms with Crippen molar-refractivity contribution in [1.29, 1.82) is 0 Å². The Morgan fingerprint density at radius 3 is 2.71 bits per heavy atom. The molecule has 1 fully saturated rings. The maximum absolute atomic E-state index is 11.9. The molecule has 0 bridgehead atoms. The van der Waals surface area contributed by atoms with Gasteiger partial charge in [0, 0.05) is 23.4 Å². The molecule has 1 saturated carbocycles. The molecule has 0 aromatic heterocycles. The van der Waals surface area contributed by atoms with Gasteiger partial charge < -0.3 is 15.7 Å². The third-order valence-corrected chi connectivity index (χ3v) is 3.84. The molecule has 0 aliphatic heterocycles. The highest BCUT2D eigenvalue weighted by atomic mass is 35.5. The van der Waals surface area contributed by atoms with Crippen molar-refractivity contribution in [3.63, 3.8) is 0 Å². The molecule has 1 aliphatic rings. The Morgan fingerprint density at radius 1 is 1.38 bits per heavy atom. The number of carbonyl (C=O) groups is 2. The summed E-state index contributed by atoms with van der Waals surface area (Å²) in [7, 11) is 0. The van der Waals surface area contributed by atoms with Crippen molar-refractivity contribution in [2.24, 2.45) is 5.92 Å². The topological polar surface area (TPSA) is 78.4 Å². The van der Waals surface area contributed by atoms with Gasteiger partial charge in [-0.15, -0.1) is 0 Å². The van der Waals surface area contributed by atoms with Gasteiger partial charge in [0.1, 0.15) is 0 Å². The molecule has 0 radical (unpaired) electrons. The number of anilines is 1. The summed E-state index contributed by atoms with van der Waals surface area (Å²) in [5.41, 5.74) is 1.35. The second-order valence-corrected chi connectivity index (χ2v) is 5.78. The number of aliphatic hydroxyl groups excluding tert-OH is 1. The van der Waals surface area contributed by atoms with Crippen LogP contribution in [-0.2, 0) is 9.59 Å². The van der Waals surface area contributed by atoms with Crippen LogP contribution in [-0.4, -0.2) is 29.6 Å². The molecule has 5 nitrogen and oxygen atoms in total. The Kier molecular flexibility index (Phi) is 5.20. The monoisotopic (exact) mass is 310 g/mol. The van der Waals surface area contributed by atoms with Crippen LogP contribution >= 0.6 is 11.6 Å². The standard InChI is InChI=1S/C15H19ClN2O3/c1-9-2-5-11(16)8-13(9)18-15(21)14(20)17-12(6-7-19)10-3-4-10/h2,5,8,10,12,19H,3-4,6-7H2,1H3,(H,17,20)(H,18,21). The minimum absolute atomic E-state index is 0.00350. The van der Waals surface area contributed by atoms with Gasteiger partial charge >= 0.3 is 11.8 Å². The van der Waals surface area contributed by atoms with Gasteiger partial charge in [0.05, 0.1) is 0 Å². The van der Waals surface area contributed by atoms with Gasteiger partial charge in [-0.2, -0.15) is 0 Å². The van der Waals surface area contributed by atoms with Crippen LogP contribution in [0, 0.1) is 12.8 Å². The summed E-state index contributed by atoms with van der Waals surface area (Å²) >= 11 is 5.88. The van der Waals surface area contributed by atoms with E-state index in [2.05, 4.69) is 10.6 Å². The molecule has 21 heavy (non-hydrogen) atoms. The van der Waals surface area contributed by atoms with Crippen molar-refractivity contribution >= 4 is 29.1 Å². The summed E-state index contributed by atoms with van der Waals surface area (Å²) in [6, 6.07) is 4.97. The maximum atomic E-state index is 11.9. The Hall–Kier alpha value is -1.59. The van der Waals surface area contributed by atoms with Gasteiger partial charge in [0.15, 0.2) is 0 Å². The molecule has 0 spiro atoms. The molecule has 1 aromatic carbocycles. The first-order valence-corrected chi connectivity index (χ1v) is 7.38. The van der Waals surface area contributed by atoms with Gasteiger partial charge in [-0.05, 0) is 49.8 Å². The highest BCUT2D eigenvalue weighted by Gasteiger charge is 2.33. The van der Waals surface area contributed by atoms with E-state index in [9.17, 15) is 9.59 Å². The number of carbonyl (C=O) groups excluding carboxylic acids is 2. The van der Waals surface area contributed by atoms with E-state index in [0.29, 0.717) is 23.0 Å². The minimum atomic E-state index is -0.719. The smallest absolute Gasteiger partial charge is 0.313 e. The fourth-order valence-corrected chi connectivity index (χ4v) is 2.38. The van der Waals surface area contributed by atoms with E-state index >= 15 is 0 Å². The lowest BCUT2D eigenvalue weighted by molar-refractivity contribution is -0.136. The number of hydrogen-bond acceptors (Lipinski definition) is 3. The number of nitrogens with one attached hydrogen (secondary N) is 2. The Bertz CT molecular complexity index is 544. The number of benzene rings is 1. The van der Waals surface area contributed by atoms with E-state index in [4.69, 9.17) is 16.7 Å². The van der Waals surface area contributed by atoms with Crippen LogP contribution in [0.4, 0.5) is 5.69 Å². The van der Waals surface area contributed by atoms with Gasteiger partial charge in [-0.1, -0.05) is 17.7 Å². The van der Waals surface area contributed by atoms with Gasteiger partial charge in [0.25, 0.3) is 0 Å². The molecule has 2 amide bonds. The highest BCUT2D eigenvalue weighted by molar-refractivity contribution is 6.40. The second kappa shape index (κ2) is 6.91. The third-order valence-electron chi connectivity index (χ3n) is 3.60. The predicted molar refractivity (Wildman–Crippen MR) is 81.2 cm³/mol. The van der Waals surface area contributed by atoms with Crippen LogP contribution < -0.4 is 10.6 Å². The summed E-state index contributed by atoms with van der Waals surface area (Å²) in [5, 5.41) is 14.7. The van der Waals surface area contributed by atoms with Gasteiger partial charge in [0.2, 0.25) is 0 Å². The minimum Gasteiger partial charge on any atom is -0.396 e. The Labute approximate surface area is 128 Å². The van der Waals surface area contributed by atoms with Crippen molar-refractivity contribution < 1.29 is 14.7 Å². The zero-order chi connectivity index (χ0) is 15.4. The Balaban J connectivity index is 1.95. The number of aryl methyl sites for hydroxylation is 1. The zero-order valence-electron chi connectivity index (χ0n) is 11.9. The molecule has 2 rings (SSSR count). The molecule has 1 unspecified atom stereocenters. The number of rotatable bonds is 5. The summed E-state index contributed by atoms with van der Waals surface area (Å²) in [5.74, 6) is -1.02. The van der Waals surface area contributed by atoms with E-state index in [1.807, 2.05) is 6.92 Å². The van der Waals surface area contributed by atoms with Crippen molar-refractivity contribution in [2.45, 2.75) is 32.2 Å². The normalized spacial score (nSPS) is 15.4. The quantitative estimate of drug-likeness (QED) is 0.726. The molecule has 3 N–H and O–H groups in total. The van der Waals surface area contributed by atoms with Crippen LogP contribution in [0.15, 0.2) is 18.2 Å². The average molecular weight is 311 g/mol. The van der Waals surface area contributed by atoms with E-state index in [1.54, 1.807) is 18.2 Å². The van der Waals surface area contributed by atoms with Crippen molar-refractivity contribution in [2.75, 3.05) is 11.9 Å². The molecule has 114 valence electrons. The van der Waals surface area contributed by atoms with E-state index in [1.165, 1.54) is 0 Å². The Morgan fingerprint density at radius 2 is 2.10 bits per heavy atom. The first kappa shape index (κ1) is 15.8. The molecule has 1 atom stereocenters. The number of halogens is 1. The predicted octanol–water partition coefficient (Wildman–Crippen LogP) is 1.86. The first-order chi connectivity index (χ1) is 10.0. The summed E-state index contributed by atoms with van der Waals surface area (Å²) in [6.45, 7) is 1.82. The van der Waals surface area contributed by atoms with E-state index in [-0.39, 0.29) is 12.6 Å². The number of hydrogen-bond donors (Lipinski definition) is 3. The van der Waals surface area contributed by atoms with Gasteiger partial charge in [-0.25, -0.2) is 0 Å². The molecule has 6 heteroatoms. The zero-order valence-corrected chi connectivity index (χ0v) is 12.6. The third kappa shape index (κ3) is 4.44. The summed E-state index contributed by atoms with van der Waals surface area (Å²) < 4.78 is 0. The molecule has 0 saturated heterocycles. The van der Waals surface area contributed by atoms with Crippen molar-refractivity contribution in [3.05, 3.63) is 28.8 Å². The van der Waals surface area contributed by atoms with Crippen LogP contribution in [0.5, 0.6) is 0 Å². The largest absolute Gasteiger partial charge is 0.396 e. The number of amides is 2. The van der Waals surface area contributed by atoms with E-state index < -0.39 is 11.8 Å². The van der Waals surface area contributed by atoms with Gasteiger partial charge in [-0.3, -0.25) is 9.59 Å². The first-order valence-electron chi connectivity index (χ1n) is 7.00. The molecule has 0 heterocycles. The number of aliphatic hydroxyl groups is 1. The van der Waals surface area contributed by atoms with Crippen molar-refractivity contribution in [3.8, 4) is 0 Å². The molecular formula is C15H19ClN2O3. The van der Waals surface area contributed by atoms with Crippen LogP contribution in [0.1, 0.15) is 24.8 Å².